The maximum Gasteiger partial charge on any atom is 0.261 e. The molecule has 0 saturated carbocycles. The topological polar surface area (TPSA) is 75.3 Å². The molecule has 5 nitrogen and oxygen atoms in total. The van der Waals surface area contributed by atoms with Gasteiger partial charge in [0.15, 0.2) is 0 Å². The molecule has 0 aliphatic heterocycles. The number of rotatable bonds is 7. The number of halogens is 1. The van der Waals surface area contributed by atoms with Gasteiger partial charge < -0.3 is 5.32 Å². The van der Waals surface area contributed by atoms with Gasteiger partial charge in [-0.2, -0.15) is 0 Å². The Labute approximate surface area is 163 Å². The molecule has 0 aliphatic rings. The lowest BCUT2D eigenvalue weighted by molar-refractivity contribution is -0.116. The van der Waals surface area contributed by atoms with Crippen LogP contribution in [-0.2, 0) is 21.2 Å². The molecule has 1 amide bonds. The van der Waals surface area contributed by atoms with Gasteiger partial charge in [0.1, 0.15) is 5.82 Å². The monoisotopic (exact) mass is 398 g/mol. The Kier molecular flexibility index (Phi) is 6.06. The molecule has 0 heterocycles. The normalized spacial score (nSPS) is 11.0. The van der Waals surface area contributed by atoms with Crippen LogP contribution < -0.4 is 10.0 Å². The number of carbonyl (C=O) groups excluding carboxylic acids is 1. The summed E-state index contributed by atoms with van der Waals surface area (Å²) in [6, 6.07) is 20.9. The number of aryl methyl sites for hydroxylation is 1. The summed E-state index contributed by atoms with van der Waals surface area (Å²) in [6.07, 6.45) is 0.935. The lowest BCUT2D eigenvalue weighted by Gasteiger charge is -2.10. The van der Waals surface area contributed by atoms with Crippen LogP contribution in [-0.4, -0.2) is 14.3 Å². The zero-order chi connectivity index (χ0) is 20.0. The van der Waals surface area contributed by atoms with Crippen LogP contribution in [0.1, 0.15) is 12.0 Å². The molecule has 0 aromatic heterocycles. The molecule has 0 radical (unpaired) electrons. The van der Waals surface area contributed by atoms with Crippen molar-refractivity contribution in [3.05, 3.63) is 90.2 Å². The van der Waals surface area contributed by atoms with Crippen LogP contribution in [0.2, 0.25) is 0 Å². The number of para-hydroxylation sites is 1. The zero-order valence-corrected chi connectivity index (χ0v) is 15.7. The molecule has 3 aromatic carbocycles. The van der Waals surface area contributed by atoms with Crippen molar-refractivity contribution in [2.75, 3.05) is 10.0 Å². The highest BCUT2D eigenvalue weighted by atomic mass is 32.2. The van der Waals surface area contributed by atoms with E-state index in [1.807, 2.05) is 30.3 Å². The third kappa shape index (κ3) is 5.17. The summed E-state index contributed by atoms with van der Waals surface area (Å²) in [5.74, 6) is -0.822. The largest absolute Gasteiger partial charge is 0.326 e. The second kappa shape index (κ2) is 8.67. The molecular weight excluding hydrogens is 379 g/mol. The van der Waals surface area contributed by atoms with Crippen molar-refractivity contribution in [2.45, 2.75) is 17.7 Å². The van der Waals surface area contributed by atoms with Crippen LogP contribution in [0.5, 0.6) is 0 Å². The first-order valence-electron chi connectivity index (χ1n) is 8.65. The number of sulfonamides is 1. The van der Waals surface area contributed by atoms with Gasteiger partial charge in [0.05, 0.1) is 10.6 Å². The number of amides is 1. The van der Waals surface area contributed by atoms with Crippen LogP contribution in [0.25, 0.3) is 0 Å². The summed E-state index contributed by atoms with van der Waals surface area (Å²) >= 11 is 0. The summed E-state index contributed by atoms with van der Waals surface area (Å²) < 4.78 is 40.6. The summed E-state index contributed by atoms with van der Waals surface area (Å²) in [4.78, 5) is 12.0. The highest BCUT2D eigenvalue weighted by Crippen LogP contribution is 2.20. The van der Waals surface area contributed by atoms with Gasteiger partial charge in [-0.25, -0.2) is 12.8 Å². The Balaban J connectivity index is 1.61. The molecule has 3 aromatic rings. The standard InChI is InChI=1S/C21H19FN2O3S/c22-19-8-4-5-9-20(19)24-28(26,27)18-13-11-17(12-14-18)23-21(25)15-10-16-6-2-1-3-7-16/h1-9,11-14,24H,10,15H2,(H,23,25). The number of hydrogen-bond donors (Lipinski definition) is 2. The quantitative estimate of drug-likeness (QED) is 0.626. The summed E-state index contributed by atoms with van der Waals surface area (Å²) in [7, 11) is -3.93. The maximum absolute atomic E-state index is 13.7. The minimum atomic E-state index is -3.93. The fourth-order valence-electron chi connectivity index (χ4n) is 2.59. The van der Waals surface area contributed by atoms with Gasteiger partial charge in [-0.05, 0) is 48.4 Å². The van der Waals surface area contributed by atoms with Crippen LogP contribution in [0.15, 0.2) is 83.8 Å². The average Bonchev–Trinajstić information content (AvgIpc) is 2.69. The predicted octanol–water partition coefficient (Wildman–Crippen LogP) is 4.20. The summed E-state index contributed by atoms with van der Waals surface area (Å²) in [6.45, 7) is 0. The van der Waals surface area contributed by atoms with Crippen molar-refractivity contribution >= 4 is 27.3 Å². The molecule has 0 fully saturated rings. The van der Waals surface area contributed by atoms with Crippen molar-refractivity contribution in [3.8, 4) is 0 Å². The first kappa shape index (κ1) is 19.6. The van der Waals surface area contributed by atoms with Crippen LogP contribution in [0.4, 0.5) is 15.8 Å². The van der Waals surface area contributed by atoms with E-state index in [1.165, 1.54) is 48.5 Å². The van der Waals surface area contributed by atoms with E-state index in [-0.39, 0.29) is 16.5 Å². The molecule has 0 bridgehead atoms. The lowest BCUT2D eigenvalue weighted by atomic mass is 10.1. The van der Waals surface area contributed by atoms with Crippen molar-refractivity contribution in [2.24, 2.45) is 0 Å². The third-order valence-electron chi connectivity index (χ3n) is 4.05. The molecule has 7 heteroatoms. The molecule has 2 N–H and O–H groups in total. The van der Waals surface area contributed by atoms with E-state index in [2.05, 4.69) is 10.0 Å². The summed E-state index contributed by atoms with van der Waals surface area (Å²) in [5.41, 5.74) is 1.43. The van der Waals surface area contributed by atoms with Gasteiger partial charge in [0.2, 0.25) is 5.91 Å². The van der Waals surface area contributed by atoms with Crippen LogP contribution in [0.3, 0.4) is 0 Å². The van der Waals surface area contributed by atoms with E-state index in [4.69, 9.17) is 0 Å². The van der Waals surface area contributed by atoms with E-state index in [0.29, 0.717) is 18.5 Å². The number of benzene rings is 3. The Bertz CT molecular complexity index is 1050. The molecule has 0 aliphatic carbocycles. The Hall–Kier alpha value is -3.19. The number of nitrogens with one attached hydrogen (secondary N) is 2. The van der Waals surface area contributed by atoms with Crippen molar-refractivity contribution in [1.29, 1.82) is 0 Å². The number of anilines is 2. The summed E-state index contributed by atoms with van der Waals surface area (Å²) in [5, 5.41) is 2.74. The third-order valence-corrected chi connectivity index (χ3v) is 5.43. The Morgan fingerprint density at radius 2 is 1.50 bits per heavy atom. The second-order valence-corrected chi connectivity index (χ2v) is 7.83. The fourth-order valence-corrected chi connectivity index (χ4v) is 3.66. The molecule has 144 valence electrons. The molecule has 0 saturated heterocycles. The van der Waals surface area contributed by atoms with Crippen molar-refractivity contribution in [1.82, 2.24) is 0 Å². The first-order valence-corrected chi connectivity index (χ1v) is 10.1. The molecule has 0 unspecified atom stereocenters. The fraction of sp³-hybridized carbons (Fsp3) is 0.0952. The Morgan fingerprint density at radius 3 is 2.18 bits per heavy atom. The minimum Gasteiger partial charge on any atom is -0.326 e. The zero-order valence-electron chi connectivity index (χ0n) is 14.9. The van der Waals surface area contributed by atoms with E-state index >= 15 is 0 Å². The van der Waals surface area contributed by atoms with Gasteiger partial charge in [0, 0.05) is 12.1 Å². The average molecular weight is 398 g/mol. The highest BCUT2D eigenvalue weighted by molar-refractivity contribution is 7.92. The van der Waals surface area contributed by atoms with E-state index < -0.39 is 15.8 Å². The second-order valence-electron chi connectivity index (χ2n) is 6.14. The van der Waals surface area contributed by atoms with E-state index in [9.17, 15) is 17.6 Å². The van der Waals surface area contributed by atoms with Gasteiger partial charge in [0.25, 0.3) is 10.0 Å². The molecule has 28 heavy (non-hydrogen) atoms. The SMILES string of the molecule is O=C(CCc1ccccc1)Nc1ccc(S(=O)(=O)Nc2ccccc2F)cc1. The number of hydrogen-bond acceptors (Lipinski definition) is 3. The van der Waals surface area contributed by atoms with Gasteiger partial charge in [-0.3, -0.25) is 9.52 Å². The van der Waals surface area contributed by atoms with Gasteiger partial charge in [-0.1, -0.05) is 42.5 Å². The highest BCUT2D eigenvalue weighted by Gasteiger charge is 2.16. The van der Waals surface area contributed by atoms with Crippen LogP contribution in [0, 0.1) is 5.82 Å². The minimum absolute atomic E-state index is 0.0296. The maximum atomic E-state index is 13.7. The first-order chi connectivity index (χ1) is 13.4. The van der Waals surface area contributed by atoms with E-state index in [1.54, 1.807) is 0 Å². The number of carbonyl (C=O) groups is 1. The molecule has 3 rings (SSSR count). The van der Waals surface area contributed by atoms with E-state index in [0.717, 1.165) is 5.56 Å². The van der Waals surface area contributed by atoms with Crippen molar-refractivity contribution in [3.63, 3.8) is 0 Å². The smallest absolute Gasteiger partial charge is 0.261 e. The molecule has 0 spiro atoms. The molecular formula is C21H19FN2O3S. The van der Waals surface area contributed by atoms with Crippen LogP contribution >= 0.6 is 0 Å². The molecule has 0 atom stereocenters. The Morgan fingerprint density at radius 1 is 0.857 bits per heavy atom. The predicted molar refractivity (Wildman–Crippen MR) is 107 cm³/mol. The lowest BCUT2D eigenvalue weighted by Crippen LogP contribution is -2.15. The van der Waals surface area contributed by atoms with Gasteiger partial charge >= 0.3 is 0 Å². The van der Waals surface area contributed by atoms with Gasteiger partial charge in [-0.15, -0.1) is 0 Å². The van der Waals surface area contributed by atoms with Crippen molar-refractivity contribution < 1.29 is 17.6 Å².